The largest absolute Gasteiger partial charge is 0.454 e. The molecular weight excluding hydrogens is 354 g/mol. The van der Waals surface area contributed by atoms with Crippen LogP contribution in [0, 0.1) is 6.92 Å². The molecular formula is C27H20NO+. The van der Waals surface area contributed by atoms with Gasteiger partial charge in [0.1, 0.15) is 18.2 Å². The normalized spacial score (nSPS) is 11.8. The van der Waals surface area contributed by atoms with Crippen molar-refractivity contribution in [1.29, 1.82) is 0 Å². The third-order valence-corrected chi connectivity index (χ3v) is 6.01. The van der Waals surface area contributed by atoms with E-state index in [1.165, 1.54) is 37.9 Å². The molecule has 6 rings (SSSR count). The van der Waals surface area contributed by atoms with Gasteiger partial charge in [0, 0.05) is 28.3 Å². The van der Waals surface area contributed by atoms with Crippen molar-refractivity contribution in [2.24, 2.45) is 7.05 Å². The molecule has 0 unspecified atom stereocenters. The molecule has 2 heterocycles. The van der Waals surface area contributed by atoms with Crippen LogP contribution in [0.2, 0.25) is 0 Å². The summed E-state index contributed by atoms with van der Waals surface area (Å²) in [5.74, 6) is 0. The Morgan fingerprint density at radius 3 is 2.21 bits per heavy atom. The van der Waals surface area contributed by atoms with Crippen LogP contribution in [0.5, 0.6) is 0 Å². The smallest absolute Gasteiger partial charge is 0.216 e. The van der Waals surface area contributed by atoms with Gasteiger partial charge in [-0.3, -0.25) is 0 Å². The van der Waals surface area contributed by atoms with Crippen molar-refractivity contribution in [3.63, 3.8) is 0 Å². The molecule has 29 heavy (non-hydrogen) atoms. The molecule has 0 aliphatic heterocycles. The summed E-state index contributed by atoms with van der Waals surface area (Å²) in [6.07, 6.45) is 2.08. The van der Waals surface area contributed by atoms with Gasteiger partial charge in [-0.05, 0) is 52.9 Å². The maximum absolute atomic E-state index is 6.62. The van der Waals surface area contributed by atoms with Gasteiger partial charge in [-0.2, -0.15) is 0 Å². The lowest BCUT2D eigenvalue weighted by Crippen LogP contribution is -2.30. The maximum Gasteiger partial charge on any atom is 0.216 e. The Labute approximate surface area is 168 Å². The summed E-state index contributed by atoms with van der Waals surface area (Å²) in [6, 6.07) is 28.1. The summed E-state index contributed by atoms with van der Waals surface area (Å²) in [5, 5.41) is 7.20. The number of aromatic nitrogens is 1. The molecule has 0 fully saturated rings. The lowest BCUT2D eigenvalue weighted by Gasteiger charge is -2.04. The zero-order valence-corrected chi connectivity index (χ0v) is 16.4. The number of nitrogens with zero attached hydrogens (tertiary/aromatic N) is 1. The van der Waals surface area contributed by atoms with Crippen molar-refractivity contribution in [1.82, 2.24) is 0 Å². The molecule has 138 valence electrons. The number of rotatable bonds is 1. The van der Waals surface area contributed by atoms with Crippen LogP contribution in [0.25, 0.3) is 54.7 Å². The number of benzene rings is 4. The minimum Gasteiger partial charge on any atom is -0.454 e. The summed E-state index contributed by atoms with van der Waals surface area (Å²) in [6.45, 7) is 2.15. The highest BCUT2D eigenvalue weighted by Gasteiger charge is 2.20. The molecule has 4 aromatic carbocycles. The molecule has 0 aliphatic rings. The van der Waals surface area contributed by atoms with E-state index in [4.69, 9.17) is 4.42 Å². The maximum atomic E-state index is 6.62. The molecule has 0 aliphatic carbocycles. The molecule has 2 heteroatoms. The summed E-state index contributed by atoms with van der Waals surface area (Å²) >= 11 is 0. The van der Waals surface area contributed by atoms with Crippen LogP contribution < -0.4 is 4.57 Å². The van der Waals surface area contributed by atoms with Gasteiger partial charge in [-0.15, -0.1) is 0 Å². The molecule has 0 saturated heterocycles. The zero-order chi connectivity index (χ0) is 19.5. The second-order valence-corrected chi connectivity index (χ2v) is 7.80. The number of aryl methyl sites for hydroxylation is 2. The zero-order valence-electron chi connectivity index (χ0n) is 16.4. The first-order valence-electron chi connectivity index (χ1n) is 9.93. The molecule has 0 atom stereocenters. The van der Waals surface area contributed by atoms with Crippen LogP contribution in [0.15, 0.2) is 89.5 Å². The van der Waals surface area contributed by atoms with E-state index in [1.54, 1.807) is 0 Å². The van der Waals surface area contributed by atoms with E-state index in [9.17, 15) is 0 Å². The molecule has 0 bridgehead atoms. The second-order valence-electron chi connectivity index (χ2n) is 7.80. The summed E-state index contributed by atoms with van der Waals surface area (Å²) in [4.78, 5) is 0. The van der Waals surface area contributed by atoms with E-state index in [2.05, 4.69) is 104 Å². The fourth-order valence-electron chi connectivity index (χ4n) is 4.51. The quantitative estimate of drug-likeness (QED) is 0.231. The predicted molar refractivity (Wildman–Crippen MR) is 120 cm³/mol. The van der Waals surface area contributed by atoms with Gasteiger partial charge >= 0.3 is 0 Å². The molecule has 0 amide bonds. The van der Waals surface area contributed by atoms with Gasteiger partial charge in [0.25, 0.3) is 0 Å². The Morgan fingerprint density at radius 2 is 1.38 bits per heavy atom. The minimum atomic E-state index is 0.961. The number of furan rings is 1. The fraction of sp³-hybridized carbons (Fsp3) is 0.0741. The fourth-order valence-corrected chi connectivity index (χ4v) is 4.51. The number of hydrogen-bond donors (Lipinski definition) is 0. The molecule has 0 spiro atoms. The van der Waals surface area contributed by atoms with Crippen LogP contribution in [0.1, 0.15) is 5.56 Å². The first-order valence-corrected chi connectivity index (χ1v) is 9.93. The van der Waals surface area contributed by atoms with E-state index in [0.29, 0.717) is 0 Å². The monoisotopic (exact) mass is 374 g/mol. The Hall–Kier alpha value is -3.65. The van der Waals surface area contributed by atoms with Crippen LogP contribution in [-0.2, 0) is 7.05 Å². The number of fused-ring (bicyclic) bond motifs is 6. The highest BCUT2D eigenvalue weighted by Crippen LogP contribution is 2.40. The van der Waals surface area contributed by atoms with Gasteiger partial charge in [0.05, 0.1) is 5.56 Å². The minimum absolute atomic E-state index is 0.961. The number of hydrogen-bond acceptors (Lipinski definition) is 1. The summed E-state index contributed by atoms with van der Waals surface area (Å²) < 4.78 is 8.78. The first kappa shape index (κ1) is 16.3. The van der Waals surface area contributed by atoms with Gasteiger partial charge in [-0.1, -0.05) is 42.5 Å². The highest BCUT2D eigenvalue weighted by atomic mass is 16.3. The van der Waals surface area contributed by atoms with Crippen molar-refractivity contribution in [3.8, 4) is 11.3 Å². The average Bonchev–Trinajstić information content (AvgIpc) is 3.12. The molecule has 2 nitrogen and oxygen atoms in total. The lowest BCUT2D eigenvalue weighted by atomic mass is 9.99. The second kappa shape index (κ2) is 5.92. The van der Waals surface area contributed by atoms with Crippen molar-refractivity contribution >= 4 is 43.5 Å². The lowest BCUT2D eigenvalue weighted by molar-refractivity contribution is -0.660. The number of pyridine rings is 1. The Balaban J connectivity index is 1.78. The molecule has 0 radical (unpaired) electrons. The first-order chi connectivity index (χ1) is 14.2. The summed E-state index contributed by atoms with van der Waals surface area (Å²) in [7, 11) is 2.08. The van der Waals surface area contributed by atoms with Gasteiger partial charge in [0.2, 0.25) is 5.69 Å². The van der Waals surface area contributed by atoms with Crippen LogP contribution >= 0.6 is 0 Å². The SMILES string of the molecule is Cc1ccc2c(oc3c4cc5ccccc5cc4ccc23)c1-c1cccc[n+]1C. The van der Waals surface area contributed by atoms with E-state index in [0.717, 1.165) is 22.4 Å². The molecule has 6 aromatic rings. The topological polar surface area (TPSA) is 17.0 Å². The van der Waals surface area contributed by atoms with E-state index in [-0.39, 0.29) is 0 Å². The average molecular weight is 374 g/mol. The third-order valence-electron chi connectivity index (χ3n) is 6.01. The van der Waals surface area contributed by atoms with E-state index >= 15 is 0 Å². The van der Waals surface area contributed by atoms with Crippen LogP contribution in [-0.4, -0.2) is 0 Å². The Bertz CT molecular complexity index is 1570. The molecule has 2 aromatic heterocycles. The van der Waals surface area contributed by atoms with Gasteiger partial charge in [-0.25, -0.2) is 4.57 Å². The van der Waals surface area contributed by atoms with Crippen LogP contribution in [0.4, 0.5) is 0 Å². The summed E-state index contributed by atoms with van der Waals surface area (Å²) in [5.41, 5.74) is 5.46. The Morgan fingerprint density at radius 1 is 0.655 bits per heavy atom. The van der Waals surface area contributed by atoms with Crippen molar-refractivity contribution in [2.75, 3.05) is 0 Å². The standard InChI is InChI=1S/C27H20NO/c1-17-10-12-22-21-13-11-20-15-18-7-3-4-8-19(18)16-23(20)26(21)29-27(22)25(17)24-9-5-6-14-28(24)2/h3-16H,1-2H3/q+1. The van der Waals surface area contributed by atoms with Crippen molar-refractivity contribution in [2.45, 2.75) is 6.92 Å². The van der Waals surface area contributed by atoms with Gasteiger partial charge in [0.15, 0.2) is 6.20 Å². The molecule has 0 saturated carbocycles. The van der Waals surface area contributed by atoms with Crippen molar-refractivity contribution < 1.29 is 8.98 Å². The van der Waals surface area contributed by atoms with E-state index in [1.807, 2.05) is 0 Å². The third kappa shape index (κ3) is 2.32. The van der Waals surface area contributed by atoms with Crippen LogP contribution in [0.3, 0.4) is 0 Å². The van der Waals surface area contributed by atoms with Crippen molar-refractivity contribution in [3.05, 3.63) is 90.6 Å². The molecule has 0 N–H and O–H groups in total. The highest BCUT2D eigenvalue weighted by molar-refractivity contribution is 6.19. The van der Waals surface area contributed by atoms with Gasteiger partial charge < -0.3 is 4.42 Å². The Kier molecular flexibility index (Phi) is 3.33. The predicted octanol–water partition coefficient (Wildman–Crippen LogP) is 6.69. The van der Waals surface area contributed by atoms with E-state index < -0.39 is 0 Å².